The standard InChI is InChI=1S/C15H15IN2O/c1-10-7-8-11(14(9-10)17-2)15(19)18-13-6-4-3-5-12(13)16/h3-9,17H,1-2H3,(H,18,19). The summed E-state index contributed by atoms with van der Waals surface area (Å²) < 4.78 is 1.02. The van der Waals surface area contributed by atoms with Gasteiger partial charge in [-0.25, -0.2) is 0 Å². The number of nitrogens with one attached hydrogen (secondary N) is 2. The van der Waals surface area contributed by atoms with Gasteiger partial charge in [0.15, 0.2) is 0 Å². The zero-order chi connectivity index (χ0) is 13.8. The molecule has 2 rings (SSSR count). The fraction of sp³-hybridized carbons (Fsp3) is 0.133. The molecular formula is C15H15IN2O. The number of anilines is 2. The number of hydrogen-bond acceptors (Lipinski definition) is 2. The maximum absolute atomic E-state index is 12.3. The van der Waals surface area contributed by atoms with Crippen LogP contribution in [0.25, 0.3) is 0 Å². The zero-order valence-electron chi connectivity index (χ0n) is 10.8. The van der Waals surface area contributed by atoms with Crippen molar-refractivity contribution in [3.8, 4) is 0 Å². The Hall–Kier alpha value is -1.56. The molecule has 2 aromatic carbocycles. The molecule has 2 aromatic rings. The summed E-state index contributed by atoms with van der Waals surface area (Å²) in [6, 6.07) is 13.5. The molecule has 2 N–H and O–H groups in total. The summed E-state index contributed by atoms with van der Waals surface area (Å²) in [6.45, 7) is 2.00. The van der Waals surface area contributed by atoms with Gasteiger partial charge in [-0.2, -0.15) is 0 Å². The Balaban J connectivity index is 2.28. The zero-order valence-corrected chi connectivity index (χ0v) is 13.0. The maximum Gasteiger partial charge on any atom is 0.257 e. The maximum atomic E-state index is 12.3. The topological polar surface area (TPSA) is 41.1 Å². The van der Waals surface area contributed by atoms with E-state index in [1.54, 1.807) is 0 Å². The highest BCUT2D eigenvalue weighted by atomic mass is 127. The van der Waals surface area contributed by atoms with E-state index in [9.17, 15) is 4.79 Å². The Bertz CT molecular complexity index is 611. The molecule has 0 aliphatic rings. The van der Waals surface area contributed by atoms with E-state index in [1.165, 1.54) is 0 Å². The molecule has 0 spiro atoms. The molecule has 0 aromatic heterocycles. The summed E-state index contributed by atoms with van der Waals surface area (Å²) in [4.78, 5) is 12.3. The van der Waals surface area contributed by atoms with Gasteiger partial charge in [-0.3, -0.25) is 4.79 Å². The summed E-state index contributed by atoms with van der Waals surface area (Å²) in [7, 11) is 1.82. The number of benzene rings is 2. The minimum absolute atomic E-state index is 0.103. The van der Waals surface area contributed by atoms with Gasteiger partial charge in [0.2, 0.25) is 0 Å². The summed E-state index contributed by atoms with van der Waals surface area (Å²) in [5, 5.41) is 5.99. The van der Waals surface area contributed by atoms with Crippen molar-refractivity contribution in [2.45, 2.75) is 6.92 Å². The number of carbonyl (C=O) groups is 1. The van der Waals surface area contributed by atoms with Gasteiger partial charge in [0.1, 0.15) is 0 Å². The molecule has 19 heavy (non-hydrogen) atoms. The molecule has 0 saturated carbocycles. The van der Waals surface area contributed by atoms with E-state index in [1.807, 2.05) is 56.4 Å². The molecule has 0 aliphatic heterocycles. The summed E-state index contributed by atoms with van der Waals surface area (Å²) in [5.41, 5.74) is 3.43. The van der Waals surface area contributed by atoms with Crippen molar-refractivity contribution >= 4 is 39.9 Å². The molecule has 0 aliphatic carbocycles. The van der Waals surface area contributed by atoms with Gasteiger partial charge in [-0.1, -0.05) is 18.2 Å². The smallest absolute Gasteiger partial charge is 0.257 e. The third-order valence-corrected chi connectivity index (χ3v) is 3.75. The van der Waals surface area contributed by atoms with Crippen LogP contribution in [0.5, 0.6) is 0 Å². The lowest BCUT2D eigenvalue weighted by atomic mass is 10.1. The molecule has 0 radical (unpaired) electrons. The second-order valence-corrected chi connectivity index (χ2v) is 5.40. The Morgan fingerprint density at radius 2 is 1.84 bits per heavy atom. The molecule has 0 heterocycles. The first kappa shape index (κ1) is 13.9. The van der Waals surface area contributed by atoms with Crippen LogP contribution in [0.2, 0.25) is 0 Å². The average molecular weight is 366 g/mol. The van der Waals surface area contributed by atoms with Crippen LogP contribution >= 0.6 is 22.6 Å². The molecule has 98 valence electrons. The van der Waals surface area contributed by atoms with Gasteiger partial charge >= 0.3 is 0 Å². The second kappa shape index (κ2) is 6.06. The quantitative estimate of drug-likeness (QED) is 0.810. The van der Waals surface area contributed by atoms with E-state index in [0.29, 0.717) is 5.56 Å². The van der Waals surface area contributed by atoms with Gasteiger partial charge in [0.05, 0.1) is 11.3 Å². The predicted molar refractivity (Wildman–Crippen MR) is 87.8 cm³/mol. The highest BCUT2D eigenvalue weighted by molar-refractivity contribution is 14.1. The number of halogens is 1. The van der Waals surface area contributed by atoms with Crippen molar-refractivity contribution in [2.75, 3.05) is 17.7 Å². The molecule has 0 fully saturated rings. The van der Waals surface area contributed by atoms with E-state index >= 15 is 0 Å². The van der Waals surface area contributed by atoms with Crippen LogP contribution in [0.1, 0.15) is 15.9 Å². The van der Waals surface area contributed by atoms with Crippen LogP contribution in [0.15, 0.2) is 42.5 Å². The first-order chi connectivity index (χ1) is 9.11. The lowest BCUT2D eigenvalue weighted by Crippen LogP contribution is -2.14. The van der Waals surface area contributed by atoms with Crippen molar-refractivity contribution in [1.29, 1.82) is 0 Å². The van der Waals surface area contributed by atoms with Gasteiger partial charge in [-0.05, 0) is 59.3 Å². The van der Waals surface area contributed by atoms with Crippen molar-refractivity contribution in [2.24, 2.45) is 0 Å². The van der Waals surface area contributed by atoms with Crippen LogP contribution in [0.3, 0.4) is 0 Å². The molecule has 4 heteroatoms. The average Bonchev–Trinajstić information content (AvgIpc) is 2.41. The summed E-state index contributed by atoms with van der Waals surface area (Å²) in [5.74, 6) is -0.103. The second-order valence-electron chi connectivity index (χ2n) is 4.23. The largest absolute Gasteiger partial charge is 0.387 e. The molecule has 0 unspecified atom stereocenters. The minimum Gasteiger partial charge on any atom is -0.387 e. The normalized spacial score (nSPS) is 10.1. The van der Waals surface area contributed by atoms with Gasteiger partial charge in [-0.15, -0.1) is 0 Å². The Morgan fingerprint density at radius 1 is 1.11 bits per heavy atom. The molecule has 0 saturated heterocycles. The van der Waals surface area contributed by atoms with E-state index in [2.05, 4.69) is 33.2 Å². The highest BCUT2D eigenvalue weighted by Gasteiger charge is 2.12. The van der Waals surface area contributed by atoms with Gasteiger partial charge < -0.3 is 10.6 Å². The number of amides is 1. The van der Waals surface area contributed by atoms with E-state index in [0.717, 1.165) is 20.5 Å². The van der Waals surface area contributed by atoms with Crippen LogP contribution in [0, 0.1) is 10.5 Å². The molecule has 0 atom stereocenters. The van der Waals surface area contributed by atoms with E-state index < -0.39 is 0 Å². The lowest BCUT2D eigenvalue weighted by Gasteiger charge is -2.11. The number of rotatable bonds is 3. The Kier molecular flexibility index (Phi) is 4.42. The number of carbonyl (C=O) groups excluding carboxylic acids is 1. The van der Waals surface area contributed by atoms with Crippen LogP contribution in [-0.2, 0) is 0 Å². The highest BCUT2D eigenvalue weighted by Crippen LogP contribution is 2.21. The van der Waals surface area contributed by atoms with Crippen molar-refractivity contribution in [1.82, 2.24) is 0 Å². The van der Waals surface area contributed by atoms with Crippen molar-refractivity contribution in [3.05, 3.63) is 57.2 Å². The molecule has 3 nitrogen and oxygen atoms in total. The fourth-order valence-electron chi connectivity index (χ4n) is 1.82. The number of aryl methyl sites for hydroxylation is 1. The minimum atomic E-state index is -0.103. The molecule has 1 amide bonds. The van der Waals surface area contributed by atoms with Crippen molar-refractivity contribution in [3.63, 3.8) is 0 Å². The molecular weight excluding hydrogens is 351 g/mol. The summed E-state index contributed by atoms with van der Waals surface area (Å²) in [6.07, 6.45) is 0. The van der Waals surface area contributed by atoms with E-state index in [4.69, 9.17) is 0 Å². The monoisotopic (exact) mass is 366 g/mol. The van der Waals surface area contributed by atoms with Crippen LogP contribution in [0.4, 0.5) is 11.4 Å². The SMILES string of the molecule is CNc1cc(C)ccc1C(=O)Nc1ccccc1I. The van der Waals surface area contributed by atoms with Crippen molar-refractivity contribution < 1.29 is 4.79 Å². The first-order valence-electron chi connectivity index (χ1n) is 5.96. The van der Waals surface area contributed by atoms with Gasteiger partial charge in [0.25, 0.3) is 5.91 Å². The fourth-order valence-corrected chi connectivity index (χ4v) is 2.34. The number of hydrogen-bond donors (Lipinski definition) is 2. The van der Waals surface area contributed by atoms with Crippen LogP contribution in [-0.4, -0.2) is 13.0 Å². The Labute approximate surface area is 126 Å². The third kappa shape index (κ3) is 3.26. The third-order valence-electron chi connectivity index (χ3n) is 2.81. The predicted octanol–water partition coefficient (Wildman–Crippen LogP) is 3.89. The van der Waals surface area contributed by atoms with Crippen LogP contribution < -0.4 is 10.6 Å². The Morgan fingerprint density at radius 3 is 2.53 bits per heavy atom. The molecule has 0 bridgehead atoms. The summed E-state index contributed by atoms with van der Waals surface area (Å²) >= 11 is 2.21. The van der Waals surface area contributed by atoms with E-state index in [-0.39, 0.29) is 5.91 Å². The first-order valence-corrected chi connectivity index (χ1v) is 7.04. The van der Waals surface area contributed by atoms with Gasteiger partial charge in [0, 0.05) is 16.3 Å². The number of para-hydroxylation sites is 1. The lowest BCUT2D eigenvalue weighted by molar-refractivity contribution is 0.102.